The molecule has 6 heteroatoms. The summed E-state index contributed by atoms with van der Waals surface area (Å²) in [5.41, 5.74) is 0. The molecule has 1 aromatic carbocycles. The molecule has 0 aliphatic carbocycles. The fourth-order valence-electron chi connectivity index (χ4n) is 3.46. The van der Waals surface area contributed by atoms with Gasteiger partial charge in [0.25, 0.3) is 0 Å². The smallest absolute Gasteiger partial charge is 0.245 e. The first-order valence-corrected chi connectivity index (χ1v) is 8.75. The molecule has 2 N–H and O–H groups in total. The summed E-state index contributed by atoms with van der Waals surface area (Å²) in [6.07, 6.45) is 0.690. The van der Waals surface area contributed by atoms with Crippen LogP contribution in [-0.2, 0) is 16.1 Å². The Morgan fingerprint density at radius 1 is 1.35 bits per heavy atom. The summed E-state index contributed by atoms with van der Waals surface area (Å²) in [6, 6.07) is 10.0. The van der Waals surface area contributed by atoms with E-state index in [9.17, 15) is 9.59 Å². The molecule has 3 atom stereocenters. The lowest BCUT2D eigenvalue weighted by molar-refractivity contribution is -0.146. The third-order valence-corrected chi connectivity index (χ3v) is 5.77. The number of hydrogen-bond donors (Lipinski definition) is 2. The first kappa shape index (κ1) is 14.7. The number of piperazine rings is 1. The lowest BCUT2D eigenvalue weighted by Gasteiger charge is -2.32. The Morgan fingerprint density at radius 3 is 3.00 bits per heavy atom. The highest BCUT2D eigenvalue weighted by molar-refractivity contribution is 7.19. The van der Waals surface area contributed by atoms with Crippen molar-refractivity contribution in [3.8, 4) is 0 Å². The quantitative estimate of drug-likeness (QED) is 0.897. The third kappa shape index (κ3) is 2.62. The van der Waals surface area contributed by atoms with E-state index in [0.29, 0.717) is 13.0 Å². The van der Waals surface area contributed by atoms with Gasteiger partial charge in [0.2, 0.25) is 11.8 Å². The van der Waals surface area contributed by atoms with E-state index in [4.69, 9.17) is 0 Å². The van der Waals surface area contributed by atoms with E-state index in [-0.39, 0.29) is 23.9 Å². The molecule has 1 aromatic heterocycles. The second-order valence-electron chi connectivity index (χ2n) is 6.30. The molecule has 0 spiro atoms. The van der Waals surface area contributed by atoms with Crippen LogP contribution in [-0.4, -0.2) is 41.4 Å². The molecule has 5 nitrogen and oxygen atoms in total. The second-order valence-corrected chi connectivity index (χ2v) is 7.47. The number of amides is 2. The highest BCUT2D eigenvalue weighted by Crippen LogP contribution is 2.26. The van der Waals surface area contributed by atoms with Crippen LogP contribution in [0.5, 0.6) is 0 Å². The molecule has 2 aliphatic rings. The molecule has 4 rings (SSSR count). The Kier molecular flexibility index (Phi) is 3.58. The molecule has 0 bridgehead atoms. The van der Waals surface area contributed by atoms with E-state index < -0.39 is 6.04 Å². The van der Waals surface area contributed by atoms with Crippen LogP contribution in [0, 0.1) is 0 Å². The summed E-state index contributed by atoms with van der Waals surface area (Å²) in [5, 5.41) is 7.53. The average Bonchev–Trinajstić information content (AvgIpc) is 3.14. The fraction of sp³-hybridized carbons (Fsp3) is 0.412. The van der Waals surface area contributed by atoms with Gasteiger partial charge in [-0.1, -0.05) is 18.2 Å². The Balaban J connectivity index is 1.42. The molecule has 2 aliphatic heterocycles. The fourth-order valence-corrected chi connectivity index (χ4v) is 4.48. The Labute approximate surface area is 138 Å². The number of rotatable bonds is 3. The third-order valence-electron chi connectivity index (χ3n) is 4.66. The maximum atomic E-state index is 12.2. The number of carbonyl (C=O) groups is 2. The van der Waals surface area contributed by atoms with Crippen molar-refractivity contribution in [2.75, 3.05) is 6.54 Å². The normalized spacial score (nSPS) is 27.3. The van der Waals surface area contributed by atoms with Crippen LogP contribution in [0.1, 0.15) is 18.2 Å². The highest BCUT2D eigenvalue weighted by atomic mass is 32.1. The van der Waals surface area contributed by atoms with Gasteiger partial charge in [-0.3, -0.25) is 9.59 Å². The Bertz CT molecular complexity index is 739. The van der Waals surface area contributed by atoms with Crippen molar-refractivity contribution >= 4 is 33.2 Å². The highest BCUT2D eigenvalue weighted by Gasteiger charge is 2.44. The van der Waals surface area contributed by atoms with Gasteiger partial charge in [0.05, 0.1) is 0 Å². The molecular formula is C17H19N3O2S. The largest absolute Gasteiger partial charge is 0.343 e. The number of fused-ring (bicyclic) bond motifs is 2. The van der Waals surface area contributed by atoms with Crippen LogP contribution in [0.2, 0.25) is 0 Å². The summed E-state index contributed by atoms with van der Waals surface area (Å²) >= 11 is 1.79. The molecule has 2 aromatic rings. The van der Waals surface area contributed by atoms with Gasteiger partial charge >= 0.3 is 0 Å². The molecule has 2 saturated heterocycles. The van der Waals surface area contributed by atoms with E-state index in [0.717, 1.165) is 6.54 Å². The van der Waals surface area contributed by atoms with E-state index in [2.05, 4.69) is 34.9 Å². The summed E-state index contributed by atoms with van der Waals surface area (Å²) < 4.78 is 1.29. The maximum absolute atomic E-state index is 12.2. The molecule has 2 amide bonds. The standard InChI is InChI=1S/C17H19N3O2S/c1-10-17(22)20-9-12(7-14(20)16(21)19-10)18-8-13-6-11-4-2-3-5-15(11)23-13/h2-6,10,12,14,18H,7-9H2,1H3,(H,19,21)/t10-,12-,14-/m0/s1. The van der Waals surface area contributed by atoms with Gasteiger partial charge in [-0.2, -0.15) is 0 Å². The van der Waals surface area contributed by atoms with Gasteiger partial charge in [-0.15, -0.1) is 11.3 Å². The first-order chi connectivity index (χ1) is 11.1. The maximum Gasteiger partial charge on any atom is 0.245 e. The zero-order chi connectivity index (χ0) is 16.0. The van der Waals surface area contributed by atoms with E-state index in [1.54, 1.807) is 23.2 Å². The molecule has 120 valence electrons. The number of thiophene rings is 1. The van der Waals surface area contributed by atoms with Crippen molar-refractivity contribution < 1.29 is 9.59 Å². The minimum Gasteiger partial charge on any atom is -0.343 e. The molecule has 23 heavy (non-hydrogen) atoms. The molecule has 3 heterocycles. The first-order valence-electron chi connectivity index (χ1n) is 7.93. The van der Waals surface area contributed by atoms with Crippen LogP contribution in [0.4, 0.5) is 0 Å². The topological polar surface area (TPSA) is 61.4 Å². The number of hydrogen-bond acceptors (Lipinski definition) is 4. The molecule has 0 radical (unpaired) electrons. The predicted octanol–water partition coefficient (Wildman–Crippen LogP) is 1.48. The average molecular weight is 329 g/mol. The lowest BCUT2D eigenvalue weighted by Crippen LogP contribution is -2.60. The number of carbonyl (C=O) groups excluding carboxylic acids is 2. The lowest BCUT2D eigenvalue weighted by atomic mass is 10.1. The minimum atomic E-state index is -0.403. The zero-order valence-corrected chi connectivity index (χ0v) is 13.7. The summed E-state index contributed by atoms with van der Waals surface area (Å²) in [5.74, 6) is 0.00373. The van der Waals surface area contributed by atoms with Crippen LogP contribution in [0.25, 0.3) is 10.1 Å². The van der Waals surface area contributed by atoms with Gasteiger partial charge in [-0.05, 0) is 30.9 Å². The van der Waals surface area contributed by atoms with Crippen molar-refractivity contribution in [1.82, 2.24) is 15.5 Å². The summed E-state index contributed by atoms with van der Waals surface area (Å²) in [6.45, 7) is 3.14. The van der Waals surface area contributed by atoms with Crippen molar-refractivity contribution in [3.63, 3.8) is 0 Å². The SMILES string of the molecule is C[C@@H]1NC(=O)[C@@H]2C[C@H](NCc3cc4ccccc4s3)CN2C1=O. The monoisotopic (exact) mass is 329 g/mol. The molecule has 0 unspecified atom stereocenters. The van der Waals surface area contributed by atoms with Gasteiger partial charge in [0, 0.05) is 28.7 Å². The predicted molar refractivity (Wildman–Crippen MR) is 90.2 cm³/mol. The summed E-state index contributed by atoms with van der Waals surface area (Å²) in [4.78, 5) is 27.2. The van der Waals surface area contributed by atoms with Gasteiger partial charge in [-0.25, -0.2) is 0 Å². The van der Waals surface area contributed by atoms with E-state index in [1.807, 2.05) is 6.07 Å². The van der Waals surface area contributed by atoms with E-state index in [1.165, 1.54) is 15.0 Å². The van der Waals surface area contributed by atoms with Gasteiger partial charge in [0.1, 0.15) is 12.1 Å². The number of nitrogens with one attached hydrogen (secondary N) is 2. The zero-order valence-electron chi connectivity index (χ0n) is 12.9. The van der Waals surface area contributed by atoms with Gasteiger partial charge < -0.3 is 15.5 Å². The Hall–Kier alpha value is -1.92. The van der Waals surface area contributed by atoms with Crippen molar-refractivity contribution in [2.45, 2.75) is 38.0 Å². The minimum absolute atomic E-state index is 0.0248. The van der Waals surface area contributed by atoms with Crippen LogP contribution >= 0.6 is 11.3 Å². The molecular weight excluding hydrogens is 310 g/mol. The number of nitrogens with zero attached hydrogens (tertiary/aromatic N) is 1. The Morgan fingerprint density at radius 2 is 2.17 bits per heavy atom. The van der Waals surface area contributed by atoms with Crippen LogP contribution in [0.3, 0.4) is 0 Å². The van der Waals surface area contributed by atoms with Crippen molar-refractivity contribution in [1.29, 1.82) is 0 Å². The molecule has 2 fully saturated rings. The van der Waals surface area contributed by atoms with Crippen LogP contribution in [0.15, 0.2) is 30.3 Å². The molecule has 0 saturated carbocycles. The van der Waals surface area contributed by atoms with Gasteiger partial charge in [0.15, 0.2) is 0 Å². The summed E-state index contributed by atoms with van der Waals surface area (Å²) in [7, 11) is 0. The van der Waals surface area contributed by atoms with Crippen molar-refractivity contribution in [3.05, 3.63) is 35.2 Å². The van der Waals surface area contributed by atoms with Crippen molar-refractivity contribution in [2.24, 2.45) is 0 Å². The second kappa shape index (κ2) is 5.62. The van der Waals surface area contributed by atoms with E-state index >= 15 is 0 Å². The number of benzene rings is 1. The van der Waals surface area contributed by atoms with Crippen LogP contribution < -0.4 is 10.6 Å².